The van der Waals surface area contributed by atoms with Gasteiger partial charge in [0.05, 0.1) is 45.1 Å². The van der Waals surface area contributed by atoms with E-state index in [2.05, 4.69) is 13.8 Å². The monoisotopic (exact) mass is 739 g/mol. The molecule has 0 aliphatic rings. The second-order valence-electron chi connectivity index (χ2n) is 15.2. The lowest BCUT2D eigenvalue weighted by molar-refractivity contribution is -0.110. The highest BCUT2D eigenvalue weighted by Gasteiger charge is 2.33. The van der Waals surface area contributed by atoms with E-state index in [9.17, 15) is 0 Å². The van der Waals surface area contributed by atoms with Crippen molar-refractivity contribution in [2.45, 2.75) is 179 Å². The van der Waals surface area contributed by atoms with Gasteiger partial charge in [-0.25, -0.2) is 0 Å². The Hall–Kier alpha value is 0.340. The Labute approximate surface area is 316 Å². The number of nitrogens with zero attached hydrogens (tertiary/aromatic N) is 2. The summed E-state index contributed by atoms with van der Waals surface area (Å²) >= 11 is 13.0. The standard InChI is InChI=1S/C41H84Cl2N2O4/c1-7-9-11-13-15-17-19-21-23-25-27-29-31-46-35-41(37-48-33-39(42)44(3)4,38-49-34-40(43)45(5)6)36-47-32-30-28-26-24-22-20-18-16-14-12-10-8-2/h39-40H,7-38H2,1-6H3. The fourth-order valence-corrected chi connectivity index (χ4v) is 6.14. The van der Waals surface area contributed by atoms with E-state index in [1.807, 2.05) is 38.0 Å². The fourth-order valence-electron chi connectivity index (χ4n) is 5.96. The van der Waals surface area contributed by atoms with E-state index in [0.717, 1.165) is 26.1 Å². The molecule has 2 atom stereocenters. The Balaban J connectivity index is 4.70. The summed E-state index contributed by atoms with van der Waals surface area (Å²) in [6.45, 7) is 8.95. The molecule has 0 aliphatic carbocycles. The quantitative estimate of drug-likeness (QED) is 0.0354. The molecule has 8 heteroatoms. The first-order chi connectivity index (χ1) is 23.8. The molecule has 0 aromatic carbocycles. The molecule has 49 heavy (non-hydrogen) atoms. The average molecular weight is 740 g/mol. The molecule has 0 amide bonds. The van der Waals surface area contributed by atoms with Crippen LogP contribution in [0.5, 0.6) is 0 Å². The van der Waals surface area contributed by atoms with Gasteiger partial charge in [0, 0.05) is 13.2 Å². The number of unbranched alkanes of at least 4 members (excludes halogenated alkanes) is 22. The van der Waals surface area contributed by atoms with Crippen molar-refractivity contribution < 1.29 is 18.9 Å². The summed E-state index contributed by atoms with van der Waals surface area (Å²) in [7, 11) is 7.87. The van der Waals surface area contributed by atoms with Gasteiger partial charge in [-0.2, -0.15) is 0 Å². The molecule has 0 N–H and O–H groups in total. The van der Waals surface area contributed by atoms with Gasteiger partial charge >= 0.3 is 0 Å². The highest BCUT2D eigenvalue weighted by atomic mass is 35.5. The molecule has 2 unspecified atom stereocenters. The van der Waals surface area contributed by atoms with Crippen molar-refractivity contribution in [3.05, 3.63) is 0 Å². The molecule has 6 nitrogen and oxygen atoms in total. The van der Waals surface area contributed by atoms with Crippen LogP contribution < -0.4 is 0 Å². The average Bonchev–Trinajstić information content (AvgIpc) is 3.08. The summed E-state index contributed by atoms with van der Waals surface area (Å²) in [5.41, 5.74) is -0.799. The smallest absolute Gasteiger partial charge is 0.108 e. The summed E-state index contributed by atoms with van der Waals surface area (Å²) in [4.78, 5) is 3.92. The molecule has 0 bridgehead atoms. The van der Waals surface area contributed by atoms with E-state index in [1.54, 1.807) is 0 Å². The molecule has 0 spiro atoms. The molecule has 0 fully saturated rings. The molecular formula is C41H84Cl2N2O4. The van der Waals surface area contributed by atoms with Crippen molar-refractivity contribution in [1.82, 2.24) is 9.80 Å². The molecule has 296 valence electrons. The summed E-state index contributed by atoms with van der Waals surface area (Å²) in [6.07, 6.45) is 32.1. The lowest BCUT2D eigenvalue weighted by Gasteiger charge is -2.34. The summed E-state index contributed by atoms with van der Waals surface area (Å²) < 4.78 is 25.1. The summed E-state index contributed by atoms with van der Waals surface area (Å²) in [6, 6.07) is 0. The third-order valence-corrected chi connectivity index (χ3v) is 10.6. The fraction of sp³-hybridized carbons (Fsp3) is 1.00. The number of likely N-dealkylation sites (N-methyl/N-ethyl adjacent to an activating group) is 2. The van der Waals surface area contributed by atoms with E-state index < -0.39 is 5.41 Å². The maximum absolute atomic E-state index is 6.49. The minimum absolute atomic E-state index is 0.191. The largest absolute Gasteiger partial charge is 0.381 e. The van der Waals surface area contributed by atoms with Gasteiger partial charge in [-0.05, 0) is 41.0 Å². The van der Waals surface area contributed by atoms with Crippen LogP contribution in [0.2, 0.25) is 0 Å². The molecular weight excluding hydrogens is 655 g/mol. The van der Waals surface area contributed by atoms with Gasteiger partial charge in [0.2, 0.25) is 0 Å². The van der Waals surface area contributed by atoms with Gasteiger partial charge in [-0.15, -0.1) is 23.2 Å². The molecule has 0 aromatic heterocycles. The minimum Gasteiger partial charge on any atom is -0.381 e. The van der Waals surface area contributed by atoms with Gasteiger partial charge < -0.3 is 18.9 Å². The zero-order valence-corrected chi connectivity index (χ0v) is 35.1. The Morgan fingerprint density at radius 2 is 0.633 bits per heavy atom. The lowest BCUT2D eigenvalue weighted by atomic mass is 9.92. The van der Waals surface area contributed by atoms with Crippen molar-refractivity contribution in [2.75, 3.05) is 81.0 Å². The number of ether oxygens (including phenoxy) is 4. The third-order valence-electron chi connectivity index (χ3n) is 9.55. The van der Waals surface area contributed by atoms with Gasteiger partial charge in [0.15, 0.2) is 0 Å². The molecule has 0 aromatic rings. The summed E-state index contributed by atoms with van der Waals surface area (Å²) in [5, 5.41) is 0. The normalized spacial score (nSPS) is 13.6. The highest BCUT2D eigenvalue weighted by Crippen LogP contribution is 2.23. The van der Waals surface area contributed by atoms with Crippen LogP contribution in [-0.4, -0.2) is 102 Å². The SMILES string of the molecule is CCCCCCCCCCCCCCOCC(COCCCCCCCCCCCCCC)(COCC(Cl)N(C)C)COCC(Cl)N(C)C. The molecule has 0 aliphatic heterocycles. The van der Waals surface area contributed by atoms with Gasteiger partial charge in [-0.1, -0.05) is 155 Å². The van der Waals surface area contributed by atoms with Crippen molar-refractivity contribution in [3.8, 4) is 0 Å². The van der Waals surface area contributed by atoms with Crippen LogP contribution in [0.3, 0.4) is 0 Å². The number of rotatable bonds is 40. The Morgan fingerprint density at radius 1 is 0.388 bits per heavy atom. The number of halogens is 2. The Kier molecular flexibility index (Phi) is 36.9. The highest BCUT2D eigenvalue weighted by molar-refractivity contribution is 6.20. The minimum atomic E-state index is -0.417. The van der Waals surface area contributed by atoms with Crippen molar-refractivity contribution >= 4 is 23.2 Å². The van der Waals surface area contributed by atoms with E-state index in [-0.39, 0.29) is 11.0 Å². The number of alkyl halides is 2. The van der Waals surface area contributed by atoms with Crippen LogP contribution in [0, 0.1) is 5.41 Å². The molecule has 0 saturated heterocycles. The zero-order valence-electron chi connectivity index (χ0n) is 33.6. The topological polar surface area (TPSA) is 43.4 Å². The van der Waals surface area contributed by atoms with Crippen LogP contribution in [0.25, 0.3) is 0 Å². The maximum Gasteiger partial charge on any atom is 0.108 e. The second kappa shape index (κ2) is 36.7. The zero-order chi connectivity index (χ0) is 36.3. The molecule has 0 radical (unpaired) electrons. The van der Waals surface area contributed by atoms with E-state index in [1.165, 1.54) is 141 Å². The Bertz CT molecular complexity index is 605. The van der Waals surface area contributed by atoms with Crippen molar-refractivity contribution in [2.24, 2.45) is 5.41 Å². The van der Waals surface area contributed by atoms with Crippen LogP contribution >= 0.6 is 23.2 Å². The van der Waals surface area contributed by atoms with Crippen LogP contribution in [0.15, 0.2) is 0 Å². The Morgan fingerprint density at radius 3 is 0.898 bits per heavy atom. The van der Waals surface area contributed by atoms with Crippen LogP contribution in [0.1, 0.15) is 168 Å². The first-order valence-electron chi connectivity index (χ1n) is 20.7. The first kappa shape index (κ1) is 49.3. The van der Waals surface area contributed by atoms with Gasteiger partial charge in [0.25, 0.3) is 0 Å². The van der Waals surface area contributed by atoms with Crippen LogP contribution in [0.4, 0.5) is 0 Å². The maximum atomic E-state index is 6.49. The number of hydrogen-bond donors (Lipinski definition) is 0. The van der Waals surface area contributed by atoms with E-state index in [4.69, 9.17) is 42.1 Å². The predicted molar refractivity (Wildman–Crippen MR) is 215 cm³/mol. The van der Waals surface area contributed by atoms with E-state index >= 15 is 0 Å². The predicted octanol–water partition coefficient (Wildman–Crippen LogP) is 11.7. The summed E-state index contributed by atoms with van der Waals surface area (Å²) in [5.74, 6) is 0. The number of hydrogen-bond acceptors (Lipinski definition) is 6. The van der Waals surface area contributed by atoms with Gasteiger partial charge in [-0.3, -0.25) is 9.80 Å². The molecule has 0 heterocycles. The van der Waals surface area contributed by atoms with Crippen molar-refractivity contribution in [1.29, 1.82) is 0 Å². The van der Waals surface area contributed by atoms with Gasteiger partial charge in [0.1, 0.15) is 11.0 Å². The molecule has 0 saturated carbocycles. The third kappa shape index (κ3) is 32.7. The molecule has 0 rings (SSSR count). The van der Waals surface area contributed by atoms with Crippen molar-refractivity contribution in [3.63, 3.8) is 0 Å². The van der Waals surface area contributed by atoms with Crippen LogP contribution in [-0.2, 0) is 18.9 Å². The second-order valence-corrected chi connectivity index (χ2v) is 16.2. The first-order valence-corrected chi connectivity index (χ1v) is 21.6. The van der Waals surface area contributed by atoms with E-state index in [0.29, 0.717) is 39.6 Å². The lowest BCUT2D eigenvalue weighted by Crippen LogP contribution is -2.43.